The quantitative estimate of drug-likeness (QED) is 0.668. The fourth-order valence-corrected chi connectivity index (χ4v) is 1.80. The molecule has 5 heteroatoms. The van der Waals surface area contributed by atoms with E-state index >= 15 is 0 Å². The number of nitrogens with zero attached hydrogens (tertiary/aromatic N) is 1. The average molecular weight is 233 g/mol. The van der Waals surface area contributed by atoms with Crippen molar-refractivity contribution < 1.29 is 9.84 Å². The molecular formula is C12H15N3O2. The van der Waals surface area contributed by atoms with E-state index in [0.29, 0.717) is 43.1 Å². The first-order valence-corrected chi connectivity index (χ1v) is 5.47. The first-order chi connectivity index (χ1) is 8.13. The predicted molar refractivity (Wildman–Crippen MR) is 64.4 cm³/mol. The van der Waals surface area contributed by atoms with Crippen molar-refractivity contribution in [3.05, 3.63) is 23.8 Å². The second-order valence-corrected chi connectivity index (χ2v) is 4.30. The Kier molecular flexibility index (Phi) is 3.18. The van der Waals surface area contributed by atoms with Crippen LogP contribution in [0.5, 0.6) is 0 Å². The predicted octanol–water partition coefficient (Wildman–Crippen LogP) is 0.704. The molecule has 90 valence electrons. The molecule has 0 saturated carbocycles. The van der Waals surface area contributed by atoms with Gasteiger partial charge in [-0.15, -0.1) is 0 Å². The van der Waals surface area contributed by atoms with E-state index in [2.05, 4.69) is 11.4 Å². The summed E-state index contributed by atoms with van der Waals surface area (Å²) in [5.74, 6) is 0. The summed E-state index contributed by atoms with van der Waals surface area (Å²) in [5, 5.41) is 22.1. The normalized spacial score (nSPS) is 23.3. The van der Waals surface area contributed by atoms with Crippen molar-refractivity contribution in [3.8, 4) is 6.07 Å². The highest BCUT2D eigenvalue weighted by Crippen LogP contribution is 2.22. The monoisotopic (exact) mass is 233 g/mol. The zero-order chi connectivity index (χ0) is 12.3. The van der Waals surface area contributed by atoms with Crippen molar-refractivity contribution in [1.82, 2.24) is 0 Å². The number of benzene rings is 1. The molecule has 0 bridgehead atoms. The first-order valence-electron chi connectivity index (χ1n) is 5.47. The number of hydrogen-bond donors (Lipinski definition) is 3. The van der Waals surface area contributed by atoms with Crippen LogP contribution in [0.3, 0.4) is 0 Å². The van der Waals surface area contributed by atoms with Gasteiger partial charge in [0, 0.05) is 25.3 Å². The highest BCUT2D eigenvalue weighted by molar-refractivity contribution is 5.63. The van der Waals surface area contributed by atoms with Gasteiger partial charge in [-0.25, -0.2) is 0 Å². The third kappa shape index (κ3) is 2.67. The Hall–Kier alpha value is -1.77. The lowest BCUT2D eigenvalue weighted by molar-refractivity contribution is 0.0382. The molecule has 0 radical (unpaired) electrons. The van der Waals surface area contributed by atoms with Gasteiger partial charge in [0.05, 0.1) is 17.9 Å². The molecule has 1 fully saturated rings. The topological polar surface area (TPSA) is 91.3 Å². The van der Waals surface area contributed by atoms with Gasteiger partial charge in [0.2, 0.25) is 0 Å². The van der Waals surface area contributed by atoms with E-state index in [0.717, 1.165) is 0 Å². The average Bonchev–Trinajstić information content (AvgIpc) is 2.75. The molecule has 0 amide bonds. The van der Waals surface area contributed by atoms with Gasteiger partial charge in [0.15, 0.2) is 0 Å². The fraction of sp³-hybridized carbons (Fsp3) is 0.417. The summed E-state index contributed by atoms with van der Waals surface area (Å²) >= 11 is 0. The van der Waals surface area contributed by atoms with Crippen molar-refractivity contribution in [2.24, 2.45) is 0 Å². The minimum atomic E-state index is -0.839. The summed E-state index contributed by atoms with van der Waals surface area (Å²) in [6.07, 6.45) is 0.608. The molecule has 5 nitrogen and oxygen atoms in total. The molecule has 1 aliphatic heterocycles. The third-order valence-electron chi connectivity index (χ3n) is 2.85. The van der Waals surface area contributed by atoms with Crippen LogP contribution in [0.4, 0.5) is 11.4 Å². The lowest BCUT2D eigenvalue weighted by Crippen LogP contribution is -2.37. The molecule has 1 unspecified atom stereocenters. The van der Waals surface area contributed by atoms with Gasteiger partial charge in [-0.1, -0.05) is 0 Å². The lowest BCUT2D eigenvalue weighted by atomic mass is 10.0. The van der Waals surface area contributed by atoms with Gasteiger partial charge in [-0.3, -0.25) is 0 Å². The SMILES string of the molecule is N#Cc1cc(N)ccc1NCC1(O)CCOC1. The minimum Gasteiger partial charge on any atom is -0.399 e. The van der Waals surface area contributed by atoms with E-state index in [4.69, 9.17) is 15.7 Å². The van der Waals surface area contributed by atoms with Crippen LogP contribution in [0.2, 0.25) is 0 Å². The van der Waals surface area contributed by atoms with E-state index in [1.165, 1.54) is 0 Å². The largest absolute Gasteiger partial charge is 0.399 e. The van der Waals surface area contributed by atoms with Crippen LogP contribution in [0.25, 0.3) is 0 Å². The zero-order valence-corrected chi connectivity index (χ0v) is 9.44. The second kappa shape index (κ2) is 4.62. The second-order valence-electron chi connectivity index (χ2n) is 4.30. The van der Waals surface area contributed by atoms with E-state index in [1.807, 2.05) is 0 Å². The maximum Gasteiger partial charge on any atom is 0.107 e. The van der Waals surface area contributed by atoms with Crippen LogP contribution < -0.4 is 11.1 Å². The standard InChI is InChI=1S/C12H15N3O2/c13-6-9-5-10(14)1-2-11(9)15-7-12(16)3-4-17-8-12/h1-2,5,15-16H,3-4,7-8,14H2. The van der Waals surface area contributed by atoms with Crippen LogP contribution >= 0.6 is 0 Å². The van der Waals surface area contributed by atoms with Crippen LogP contribution in [0.15, 0.2) is 18.2 Å². The maximum atomic E-state index is 10.1. The van der Waals surface area contributed by atoms with E-state index in [-0.39, 0.29) is 0 Å². The summed E-state index contributed by atoms with van der Waals surface area (Å²) in [7, 11) is 0. The van der Waals surface area contributed by atoms with Gasteiger partial charge in [0.25, 0.3) is 0 Å². The highest BCUT2D eigenvalue weighted by atomic mass is 16.5. The highest BCUT2D eigenvalue weighted by Gasteiger charge is 2.32. The van der Waals surface area contributed by atoms with Crippen molar-refractivity contribution in [3.63, 3.8) is 0 Å². The molecular weight excluding hydrogens is 218 g/mol. The number of anilines is 2. The van der Waals surface area contributed by atoms with Crippen molar-refractivity contribution in [2.45, 2.75) is 12.0 Å². The molecule has 1 aromatic carbocycles. The van der Waals surface area contributed by atoms with Crippen molar-refractivity contribution in [2.75, 3.05) is 30.8 Å². The molecule has 0 spiro atoms. The van der Waals surface area contributed by atoms with Gasteiger partial charge in [-0.05, 0) is 18.2 Å². The number of aliphatic hydroxyl groups is 1. The smallest absolute Gasteiger partial charge is 0.107 e. The van der Waals surface area contributed by atoms with Crippen LogP contribution in [-0.2, 0) is 4.74 Å². The molecule has 0 aliphatic carbocycles. The van der Waals surface area contributed by atoms with Crippen molar-refractivity contribution in [1.29, 1.82) is 5.26 Å². The molecule has 1 saturated heterocycles. The van der Waals surface area contributed by atoms with Crippen LogP contribution in [0, 0.1) is 11.3 Å². The van der Waals surface area contributed by atoms with Crippen LogP contribution in [-0.4, -0.2) is 30.5 Å². The molecule has 17 heavy (non-hydrogen) atoms. The number of ether oxygens (including phenoxy) is 1. The van der Waals surface area contributed by atoms with Crippen molar-refractivity contribution >= 4 is 11.4 Å². The van der Waals surface area contributed by atoms with Gasteiger partial charge in [-0.2, -0.15) is 5.26 Å². The lowest BCUT2D eigenvalue weighted by Gasteiger charge is -2.21. The Bertz CT molecular complexity index is 448. The summed E-state index contributed by atoms with van der Waals surface area (Å²) in [6, 6.07) is 7.14. The number of nitrogen functional groups attached to an aromatic ring is 1. The zero-order valence-electron chi connectivity index (χ0n) is 9.44. The molecule has 4 N–H and O–H groups in total. The summed E-state index contributed by atoms with van der Waals surface area (Å²) < 4.78 is 5.15. The Balaban J connectivity index is 2.06. The number of nitrogens with two attached hydrogens (primary N) is 1. The van der Waals surface area contributed by atoms with E-state index in [1.54, 1.807) is 18.2 Å². The minimum absolute atomic E-state index is 0.330. The van der Waals surface area contributed by atoms with Crippen LogP contribution in [0.1, 0.15) is 12.0 Å². The Morgan fingerprint density at radius 2 is 2.41 bits per heavy atom. The Morgan fingerprint density at radius 3 is 3.06 bits per heavy atom. The number of hydrogen-bond acceptors (Lipinski definition) is 5. The first kappa shape index (κ1) is 11.7. The molecule has 1 heterocycles. The maximum absolute atomic E-state index is 10.1. The summed E-state index contributed by atoms with van der Waals surface area (Å²) in [6.45, 7) is 1.27. The summed E-state index contributed by atoms with van der Waals surface area (Å²) in [5.41, 5.74) is 6.47. The van der Waals surface area contributed by atoms with Gasteiger partial charge < -0.3 is 20.9 Å². The molecule has 2 rings (SSSR count). The van der Waals surface area contributed by atoms with Gasteiger partial charge in [0.1, 0.15) is 11.7 Å². The molecule has 1 aromatic rings. The van der Waals surface area contributed by atoms with E-state index < -0.39 is 5.60 Å². The number of rotatable bonds is 3. The number of nitrogens with one attached hydrogen (secondary N) is 1. The number of nitriles is 1. The molecule has 1 atom stereocenters. The third-order valence-corrected chi connectivity index (χ3v) is 2.85. The Labute approximate surface area is 99.8 Å². The van der Waals surface area contributed by atoms with Gasteiger partial charge >= 0.3 is 0 Å². The van der Waals surface area contributed by atoms with E-state index in [9.17, 15) is 5.11 Å². The molecule has 0 aromatic heterocycles. The Morgan fingerprint density at radius 1 is 1.59 bits per heavy atom. The summed E-state index contributed by atoms with van der Waals surface area (Å²) in [4.78, 5) is 0. The molecule has 1 aliphatic rings. The fourth-order valence-electron chi connectivity index (χ4n) is 1.80.